The summed E-state index contributed by atoms with van der Waals surface area (Å²) in [5, 5.41) is 10.3. The van der Waals surface area contributed by atoms with E-state index in [-0.39, 0.29) is 24.4 Å². The van der Waals surface area contributed by atoms with Crippen LogP contribution in [-0.4, -0.2) is 28.3 Å². The van der Waals surface area contributed by atoms with Crippen molar-refractivity contribution in [1.29, 1.82) is 0 Å². The van der Waals surface area contributed by atoms with Crippen LogP contribution in [0.5, 0.6) is 0 Å². The molecule has 2 heterocycles. The monoisotopic (exact) mass is 306 g/mol. The standard InChI is InChI=1S/C15H18N4O.ClH/c20-15(14-3-1-8-16-14)17-11-12-4-6-13(7-5-12)19-10-2-9-18-19;/h2,4-7,9-10,14,16H,1,3,8,11H2,(H,17,20);1H. The van der Waals surface area contributed by atoms with Crippen molar-refractivity contribution in [3.8, 4) is 5.69 Å². The fraction of sp³-hybridized carbons (Fsp3) is 0.333. The lowest BCUT2D eigenvalue weighted by atomic mass is 10.2. The van der Waals surface area contributed by atoms with E-state index >= 15 is 0 Å². The van der Waals surface area contributed by atoms with E-state index in [2.05, 4.69) is 15.7 Å². The van der Waals surface area contributed by atoms with Gasteiger partial charge >= 0.3 is 0 Å². The lowest BCUT2D eigenvalue weighted by Gasteiger charge is -2.11. The molecule has 1 aromatic carbocycles. The molecule has 2 aromatic rings. The molecule has 1 atom stereocenters. The summed E-state index contributed by atoms with van der Waals surface area (Å²) in [4.78, 5) is 11.9. The van der Waals surface area contributed by atoms with E-state index in [1.165, 1.54) is 0 Å². The van der Waals surface area contributed by atoms with E-state index in [0.717, 1.165) is 30.6 Å². The Labute approximate surface area is 130 Å². The second-order valence-electron chi connectivity index (χ2n) is 4.98. The summed E-state index contributed by atoms with van der Waals surface area (Å²) in [5.41, 5.74) is 2.11. The maximum Gasteiger partial charge on any atom is 0.237 e. The van der Waals surface area contributed by atoms with Gasteiger partial charge in [0.05, 0.1) is 11.7 Å². The minimum absolute atomic E-state index is 0. The predicted octanol–water partition coefficient (Wildman–Crippen LogP) is 1.66. The first-order valence-corrected chi connectivity index (χ1v) is 6.93. The van der Waals surface area contributed by atoms with Crippen molar-refractivity contribution in [2.24, 2.45) is 0 Å². The Kier molecular flexibility index (Phi) is 5.36. The minimum Gasteiger partial charge on any atom is -0.351 e. The maximum absolute atomic E-state index is 11.9. The summed E-state index contributed by atoms with van der Waals surface area (Å²) in [6, 6.07) is 9.91. The third-order valence-corrected chi connectivity index (χ3v) is 3.55. The van der Waals surface area contributed by atoms with Crippen LogP contribution in [0.2, 0.25) is 0 Å². The molecule has 1 amide bonds. The lowest BCUT2D eigenvalue weighted by Crippen LogP contribution is -2.39. The van der Waals surface area contributed by atoms with E-state index < -0.39 is 0 Å². The van der Waals surface area contributed by atoms with E-state index in [1.807, 2.05) is 41.2 Å². The molecule has 3 rings (SSSR count). The van der Waals surface area contributed by atoms with E-state index in [9.17, 15) is 4.79 Å². The van der Waals surface area contributed by atoms with Gasteiger partial charge in [-0.3, -0.25) is 4.79 Å². The van der Waals surface area contributed by atoms with Gasteiger partial charge in [-0.25, -0.2) is 4.68 Å². The topological polar surface area (TPSA) is 59.0 Å². The highest BCUT2D eigenvalue weighted by Gasteiger charge is 2.21. The second-order valence-corrected chi connectivity index (χ2v) is 4.98. The number of aromatic nitrogens is 2. The van der Waals surface area contributed by atoms with E-state index in [0.29, 0.717) is 6.54 Å². The Bertz CT molecular complexity index is 562. The van der Waals surface area contributed by atoms with Crippen molar-refractivity contribution in [1.82, 2.24) is 20.4 Å². The number of hydrogen-bond acceptors (Lipinski definition) is 3. The Morgan fingerprint density at radius 1 is 1.38 bits per heavy atom. The van der Waals surface area contributed by atoms with Crippen LogP contribution in [-0.2, 0) is 11.3 Å². The molecule has 112 valence electrons. The number of nitrogens with one attached hydrogen (secondary N) is 2. The average molecular weight is 307 g/mol. The number of hydrogen-bond donors (Lipinski definition) is 2. The summed E-state index contributed by atoms with van der Waals surface area (Å²) < 4.78 is 1.81. The van der Waals surface area contributed by atoms with Crippen LogP contribution < -0.4 is 10.6 Å². The molecular weight excluding hydrogens is 288 g/mol. The molecule has 2 N–H and O–H groups in total. The van der Waals surface area contributed by atoms with Crippen LogP contribution in [0.25, 0.3) is 5.69 Å². The molecule has 1 aromatic heterocycles. The number of amides is 1. The smallest absolute Gasteiger partial charge is 0.237 e. The van der Waals surface area contributed by atoms with Crippen molar-refractivity contribution in [2.45, 2.75) is 25.4 Å². The highest BCUT2D eigenvalue weighted by Crippen LogP contribution is 2.09. The van der Waals surface area contributed by atoms with Crippen molar-refractivity contribution in [3.05, 3.63) is 48.3 Å². The van der Waals surface area contributed by atoms with Gasteiger partial charge in [-0.05, 0) is 43.1 Å². The molecule has 0 aliphatic carbocycles. The van der Waals surface area contributed by atoms with Gasteiger partial charge in [-0.15, -0.1) is 12.4 Å². The molecule has 1 aliphatic rings. The number of carbonyl (C=O) groups is 1. The minimum atomic E-state index is -0.0154. The van der Waals surface area contributed by atoms with Gasteiger partial charge in [-0.2, -0.15) is 5.10 Å². The molecule has 5 nitrogen and oxygen atoms in total. The number of carbonyl (C=O) groups excluding carboxylic acids is 1. The summed E-state index contributed by atoms with van der Waals surface area (Å²) in [7, 11) is 0. The molecule has 0 saturated carbocycles. The predicted molar refractivity (Wildman–Crippen MR) is 83.7 cm³/mol. The van der Waals surface area contributed by atoms with E-state index in [4.69, 9.17) is 0 Å². The summed E-state index contributed by atoms with van der Waals surface area (Å²) >= 11 is 0. The zero-order valence-corrected chi connectivity index (χ0v) is 12.5. The first-order valence-electron chi connectivity index (χ1n) is 6.93. The lowest BCUT2D eigenvalue weighted by molar-refractivity contribution is -0.122. The van der Waals surface area contributed by atoms with Crippen LogP contribution in [0.4, 0.5) is 0 Å². The van der Waals surface area contributed by atoms with Crippen molar-refractivity contribution in [2.75, 3.05) is 6.54 Å². The molecule has 6 heteroatoms. The molecule has 1 saturated heterocycles. The van der Waals surface area contributed by atoms with Gasteiger partial charge < -0.3 is 10.6 Å². The van der Waals surface area contributed by atoms with Crippen LogP contribution in [0.15, 0.2) is 42.7 Å². The number of nitrogens with zero attached hydrogens (tertiary/aromatic N) is 2. The fourth-order valence-corrected chi connectivity index (χ4v) is 2.41. The van der Waals surface area contributed by atoms with Gasteiger partial charge in [0.2, 0.25) is 5.91 Å². The molecule has 0 spiro atoms. The van der Waals surface area contributed by atoms with Gasteiger partial charge in [0.15, 0.2) is 0 Å². The SMILES string of the molecule is Cl.O=C(NCc1ccc(-n2cccn2)cc1)C1CCCN1. The fourth-order valence-electron chi connectivity index (χ4n) is 2.41. The number of halogens is 1. The highest BCUT2D eigenvalue weighted by atomic mass is 35.5. The van der Waals surface area contributed by atoms with Crippen LogP contribution in [0, 0.1) is 0 Å². The first-order chi connectivity index (χ1) is 9.83. The summed E-state index contributed by atoms with van der Waals surface area (Å²) in [6.07, 6.45) is 5.67. The third-order valence-electron chi connectivity index (χ3n) is 3.55. The Morgan fingerprint density at radius 2 is 2.19 bits per heavy atom. The van der Waals surface area contributed by atoms with Crippen LogP contribution >= 0.6 is 12.4 Å². The third kappa shape index (κ3) is 3.83. The molecule has 21 heavy (non-hydrogen) atoms. The van der Waals surface area contributed by atoms with Gasteiger partial charge in [0.25, 0.3) is 0 Å². The molecule has 0 bridgehead atoms. The highest BCUT2D eigenvalue weighted by molar-refractivity contribution is 5.85. The number of rotatable bonds is 4. The van der Waals surface area contributed by atoms with Crippen LogP contribution in [0.1, 0.15) is 18.4 Å². The van der Waals surface area contributed by atoms with E-state index in [1.54, 1.807) is 6.20 Å². The Hall–Kier alpha value is -1.85. The van der Waals surface area contributed by atoms with Crippen molar-refractivity contribution >= 4 is 18.3 Å². The molecule has 1 fully saturated rings. The van der Waals surface area contributed by atoms with Crippen molar-refractivity contribution in [3.63, 3.8) is 0 Å². The molecule has 1 unspecified atom stereocenters. The maximum atomic E-state index is 11.9. The van der Waals surface area contributed by atoms with Crippen molar-refractivity contribution < 1.29 is 4.79 Å². The molecule has 0 radical (unpaired) electrons. The molecular formula is C15H19ClN4O. The summed E-state index contributed by atoms with van der Waals surface area (Å²) in [6.45, 7) is 1.51. The summed E-state index contributed by atoms with van der Waals surface area (Å²) in [5.74, 6) is 0.0960. The Morgan fingerprint density at radius 3 is 2.81 bits per heavy atom. The quantitative estimate of drug-likeness (QED) is 0.903. The first kappa shape index (κ1) is 15.5. The average Bonchev–Trinajstić information content (AvgIpc) is 3.18. The molecule has 1 aliphatic heterocycles. The number of benzene rings is 1. The van der Waals surface area contributed by atoms with Gasteiger partial charge in [-0.1, -0.05) is 12.1 Å². The second kappa shape index (κ2) is 7.24. The zero-order chi connectivity index (χ0) is 13.8. The normalized spacial score (nSPS) is 17.2. The van der Waals surface area contributed by atoms with Gasteiger partial charge in [0.1, 0.15) is 0 Å². The largest absolute Gasteiger partial charge is 0.351 e. The Balaban J connectivity index is 0.00000161. The van der Waals surface area contributed by atoms with Gasteiger partial charge in [0, 0.05) is 18.9 Å². The zero-order valence-electron chi connectivity index (χ0n) is 11.7. The van der Waals surface area contributed by atoms with Crippen LogP contribution in [0.3, 0.4) is 0 Å².